The number of amides is 1. The summed E-state index contributed by atoms with van der Waals surface area (Å²) in [5.74, 6) is 2.10. The fraction of sp³-hybridized carbons (Fsp3) is 0.385. The number of Topliss-reactive ketones (excluding diaryl/α,β-unsaturated/α-hetero) is 1. The quantitative estimate of drug-likeness (QED) is 0.567. The standard InChI is InChI=1S/C26H29NO7/c1-30-20-11-8-17(25(31-2)26(20)32-3)14-22-24(29)19-10-9-18(15-21(19)34-22)33-16-23(28)27-12-6-4-5-7-13-27/h8-11,14-15H,4-7,12-13,16H2,1-3H3. The summed E-state index contributed by atoms with van der Waals surface area (Å²) in [5, 5.41) is 0. The first-order valence-electron chi connectivity index (χ1n) is 11.3. The van der Waals surface area contributed by atoms with Crippen molar-refractivity contribution in [2.75, 3.05) is 41.0 Å². The first-order valence-corrected chi connectivity index (χ1v) is 11.3. The Morgan fingerprint density at radius 2 is 1.71 bits per heavy atom. The van der Waals surface area contributed by atoms with Crippen LogP contribution in [0.2, 0.25) is 0 Å². The van der Waals surface area contributed by atoms with E-state index < -0.39 is 0 Å². The van der Waals surface area contributed by atoms with Crippen LogP contribution >= 0.6 is 0 Å². The lowest BCUT2D eigenvalue weighted by molar-refractivity contribution is -0.133. The minimum absolute atomic E-state index is 0.0273. The van der Waals surface area contributed by atoms with Gasteiger partial charge in [0.25, 0.3) is 5.91 Å². The van der Waals surface area contributed by atoms with Crippen molar-refractivity contribution in [2.45, 2.75) is 25.7 Å². The lowest BCUT2D eigenvalue weighted by atomic mass is 10.1. The molecule has 2 heterocycles. The van der Waals surface area contributed by atoms with Crippen LogP contribution in [0.5, 0.6) is 28.7 Å². The summed E-state index contributed by atoms with van der Waals surface area (Å²) >= 11 is 0. The molecule has 0 radical (unpaired) electrons. The molecule has 8 heteroatoms. The van der Waals surface area contributed by atoms with Gasteiger partial charge >= 0.3 is 0 Å². The maximum Gasteiger partial charge on any atom is 0.260 e. The maximum atomic E-state index is 12.9. The van der Waals surface area contributed by atoms with Crippen LogP contribution in [-0.4, -0.2) is 57.6 Å². The van der Waals surface area contributed by atoms with E-state index in [2.05, 4.69) is 0 Å². The molecule has 2 aliphatic rings. The van der Waals surface area contributed by atoms with Gasteiger partial charge in [-0.15, -0.1) is 0 Å². The second-order valence-corrected chi connectivity index (χ2v) is 8.10. The Labute approximate surface area is 199 Å². The number of benzene rings is 2. The fourth-order valence-electron chi connectivity index (χ4n) is 4.19. The average molecular weight is 468 g/mol. The zero-order valence-electron chi connectivity index (χ0n) is 19.7. The molecule has 0 atom stereocenters. The Morgan fingerprint density at radius 3 is 2.38 bits per heavy atom. The number of allylic oxidation sites excluding steroid dienone is 1. The van der Waals surface area contributed by atoms with Crippen LogP contribution in [0, 0.1) is 0 Å². The van der Waals surface area contributed by atoms with Crippen molar-refractivity contribution in [3.05, 3.63) is 47.2 Å². The molecule has 180 valence electrons. The van der Waals surface area contributed by atoms with Gasteiger partial charge in [0.1, 0.15) is 11.5 Å². The largest absolute Gasteiger partial charge is 0.493 e. The lowest BCUT2D eigenvalue weighted by Gasteiger charge is -2.20. The van der Waals surface area contributed by atoms with E-state index in [9.17, 15) is 9.59 Å². The van der Waals surface area contributed by atoms with Gasteiger partial charge in [-0.3, -0.25) is 9.59 Å². The normalized spacial score (nSPS) is 16.5. The van der Waals surface area contributed by atoms with Crippen LogP contribution in [0.4, 0.5) is 0 Å². The molecule has 1 amide bonds. The van der Waals surface area contributed by atoms with Crippen LogP contribution in [0.3, 0.4) is 0 Å². The van der Waals surface area contributed by atoms with E-state index in [-0.39, 0.29) is 24.1 Å². The number of rotatable bonds is 7. The van der Waals surface area contributed by atoms with E-state index in [4.69, 9.17) is 23.7 Å². The third-order valence-electron chi connectivity index (χ3n) is 5.98. The molecular formula is C26H29NO7. The Morgan fingerprint density at radius 1 is 0.971 bits per heavy atom. The molecular weight excluding hydrogens is 438 g/mol. The van der Waals surface area contributed by atoms with Crippen molar-refractivity contribution in [3.63, 3.8) is 0 Å². The first kappa shape index (κ1) is 23.5. The van der Waals surface area contributed by atoms with E-state index in [1.165, 1.54) is 21.3 Å². The molecule has 8 nitrogen and oxygen atoms in total. The zero-order chi connectivity index (χ0) is 24.1. The fourth-order valence-corrected chi connectivity index (χ4v) is 4.19. The van der Waals surface area contributed by atoms with Gasteiger partial charge in [-0.05, 0) is 43.2 Å². The highest BCUT2D eigenvalue weighted by Crippen LogP contribution is 2.42. The summed E-state index contributed by atoms with van der Waals surface area (Å²) < 4.78 is 27.8. The van der Waals surface area contributed by atoms with Crippen molar-refractivity contribution in [1.29, 1.82) is 0 Å². The predicted molar refractivity (Wildman–Crippen MR) is 126 cm³/mol. The van der Waals surface area contributed by atoms with Crippen LogP contribution in [0.25, 0.3) is 6.08 Å². The topological polar surface area (TPSA) is 83.5 Å². The maximum absolute atomic E-state index is 12.9. The van der Waals surface area contributed by atoms with Crippen molar-refractivity contribution in [1.82, 2.24) is 4.90 Å². The van der Waals surface area contributed by atoms with Gasteiger partial charge in [0, 0.05) is 24.7 Å². The minimum Gasteiger partial charge on any atom is -0.493 e. The van der Waals surface area contributed by atoms with Crippen molar-refractivity contribution in [3.8, 4) is 28.7 Å². The smallest absolute Gasteiger partial charge is 0.260 e. The number of hydrogen-bond acceptors (Lipinski definition) is 7. The molecule has 0 unspecified atom stereocenters. The number of ether oxygens (including phenoxy) is 5. The molecule has 1 saturated heterocycles. The Bertz CT molecular complexity index is 1100. The van der Waals surface area contributed by atoms with Gasteiger partial charge in [0.05, 0.1) is 26.9 Å². The van der Waals surface area contributed by atoms with Gasteiger partial charge in [-0.2, -0.15) is 0 Å². The highest BCUT2D eigenvalue weighted by Gasteiger charge is 2.29. The minimum atomic E-state index is -0.251. The highest BCUT2D eigenvalue weighted by atomic mass is 16.5. The number of nitrogens with zero attached hydrogens (tertiary/aromatic N) is 1. The second kappa shape index (κ2) is 10.5. The van der Waals surface area contributed by atoms with Crippen LogP contribution in [0.15, 0.2) is 36.1 Å². The summed E-state index contributed by atoms with van der Waals surface area (Å²) in [6.07, 6.45) is 5.98. The molecule has 2 aliphatic heterocycles. The molecule has 2 aromatic rings. The van der Waals surface area contributed by atoms with E-state index in [1.807, 2.05) is 4.90 Å². The molecule has 0 aromatic heterocycles. The Hall–Kier alpha value is -3.68. The predicted octanol–water partition coefficient (Wildman–Crippen LogP) is 4.11. The van der Waals surface area contributed by atoms with Gasteiger partial charge in [-0.1, -0.05) is 12.8 Å². The average Bonchev–Trinajstić information content (AvgIpc) is 3.02. The van der Waals surface area contributed by atoms with Gasteiger partial charge in [0.15, 0.2) is 23.9 Å². The number of carbonyl (C=O) groups is 2. The van der Waals surface area contributed by atoms with Crippen LogP contribution < -0.4 is 23.7 Å². The van der Waals surface area contributed by atoms with Crippen molar-refractivity contribution < 1.29 is 33.3 Å². The molecule has 0 saturated carbocycles. The van der Waals surface area contributed by atoms with Crippen molar-refractivity contribution in [2.24, 2.45) is 0 Å². The Kier molecular flexibility index (Phi) is 7.25. The van der Waals surface area contributed by atoms with E-state index in [1.54, 1.807) is 36.4 Å². The summed E-state index contributed by atoms with van der Waals surface area (Å²) in [6, 6.07) is 8.45. The number of likely N-dealkylation sites (tertiary alicyclic amines) is 1. The molecule has 0 spiro atoms. The molecule has 4 rings (SSSR count). The monoisotopic (exact) mass is 467 g/mol. The number of carbonyl (C=O) groups excluding carboxylic acids is 2. The van der Waals surface area contributed by atoms with E-state index in [0.717, 1.165) is 38.8 Å². The van der Waals surface area contributed by atoms with Gasteiger partial charge in [0.2, 0.25) is 11.5 Å². The molecule has 2 aromatic carbocycles. The van der Waals surface area contributed by atoms with Gasteiger partial charge < -0.3 is 28.6 Å². The number of fused-ring (bicyclic) bond motifs is 1. The summed E-state index contributed by atoms with van der Waals surface area (Å²) in [6.45, 7) is 1.51. The molecule has 0 bridgehead atoms. The second-order valence-electron chi connectivity index (χ2n) is 8.10. The molecule has 1 fully saturated rings. The summed E-state index contributed by atoms with van der Waals surface area (Å²) in [4.78, 5) is 27.3. The number of methoxy groups -OCH3 is 3. The third-order valence-corrected chi connectivity index (χ3v) is 5.98. The molecule has 34 heavy (non-hydrogen) atoms. The highest BCUT2D eigenvalue weighted by molar-refractivity contribution is 6.14. The zero-order valence-corrected chi connectivity index (χ0v) is 19.7. The SMILES string of the molecule is COc1ccc(C=C2Oc3cc(OCC(=O)N4CCCCCC4)ccc3C2=O)c(OC)c1OC. The third kappa shape index (κ3) is 4.81. The lowest BCUT2D eigenvalue weighted by Crippen LogP contribution is -2.35. The summed E-state index contributed by atoms with van der Waals surface area (Å²) in [7, 11) is 4.57. The van der Waals surface area contributed by atoms with Gasteiger partial charge in [-0.25, -0.2) is 0 Å². The van der Waals surface area contributed by atoms with Crippen molar-refractivity contribution >= 4 is 17.8 Å². The molecule has 0 N–H and O–H groups in total. The first-order chi connectivity index (χ1) is 16.5. The number of ketones is 1. The van der Waals surface area contributed by atoms with Crippen LogP contribution in [-0.2, 0) is 4.79 Å². The molecule has 0 aliphatic carbocycles. The number of hydrogen-bond donors (Lipinski definition) is 0. The summed E-state index contributed by atoms with van der Waals surface area (Å²) in [5.41, 5.74) is 1.03. The Balaban J connectivity index is 1.49. The van der Waals surface area contributed by atoms with Crippen LogP contribution in [0.1, 0.15) is 41.6 Å². The van der Waals surface area contributed by atoms with E-state index >= 15 is 0 Å². The van der Waals surface area contributed by atoms with E-state index in [0.29, 0.717) is 39.9 Å².